The molecule has 0 bridgehead atoms. The third kappa shape index (κ3) is 3.37. The zero-order chi connectivity index (χ0) is 18.8. The molecule has 2 aromatic heterocycles. The number of benzene rings is 2. The Morgan fingerprint density at radius 1 is 1.07 bits per heavy atom. The average Bonchev–Trinajstić information content (AvgIpc) is 2.69. The fraction of sp³-hybridized carbons (Fsp3) is 0.0526. The van der Waals surface area contributed by atoms with Crippen LogP contribution in [0.25, 0.3) is 16.6 Å². The van der Waals surface area contributed by atoms with Gasteiger partial charge in [-0.2, -0.15) is 0 Å². The number of aromatic nitrogens is 4. The predicted octanol–water partition coefficient (Wildman–Crippen LogP) is 3.58. The van der Waals surface area contributed by atoms with Crippen LogP contribution < -0.4 is 10.9 Å². The maximum absolute atomic E-state index is 13.7. The van der Waals surface area contributed by atoms with Crippen molar-refractivity contribution in [2.75, 3.05) is 5.32 Å². The summed E-state index contributed by atoms with van der Waals surface area (Å²) in [5, 5.41) is 3.59. The lowest BCUT2D eigenvalue weighted by Crippen LogP contribution is -2.26. The van der Waals surface area contributed by atoms with Gasteiger partial charge in [0, 0.05) is 12.4 Å². The number of fused-ring (bicyclic) bond motifs is 1. The summed E-state index contributed by atoms with van der Waals surface area (Å²) in [7, 11) is 0. The molecule has 0 aliphatic rings. The molecule has 1 N–H and O–H groups in total. The third-order valence-electron chi connectivity index (χ3n) is 3.96. The summed E-state index contributed by atoms with van der Waals surface area (Å²) in [6, 6.07) is 12.5. The first-order valence-corrected chi connectivity index (χ1v) is 8.48. The lowest BCUT2D eigenvalue weighted by atomic mass is 10.2. The first-order valence-electron chi connectivity index (χ1n) is 8.10. The van der Waals surface area contributed by atoms with Gasteiger partial charge < -0.3 is 5.32 Å². The summed E-state index contributed by atoms with van der Waals surface area (Å²) in [4.78, 5) is 25.8. The molecule has 8 heteroatoms. The second-order valence-electron chi connectivity index (χ2n) is 5.71. The van der Waals surface area contributed by atoms with Gasteiger partial charge in [0.15, 0.2) is 0 Å². The highest BCUT2D eigenvalue weighted by molar-refractivity contribution is 6.32. The van der Waals surface area contributed by atoms with E-state index < -0.39 is 11.4 Å². The second kappa shape index (κ2) is 7.13. The van der Waals surface area contributed by atoms with Crippen LogP contribution in [0.5, 0.6) is 0 Å². The number of para-hydroxylation sites is 1. The topological polar surface area (TPSA) is 72.7 Å². The van der Waals surface area contributed by atoms with E-state index in [1.807, 2.05) is 0 Å². The Morgan fingerprint density at radius 2 is 1.85 bits per heavy atom. The number of nitrogens with one attached hydrogen (secondary N) is 1. The first kappa shape index (κ1) is 17.1. The molecule has 4 rings (SSSR count). The van der Waals surface area contributed by atoms with Crippen molar-refractivity contribution in [1.29, 1.82) is 0 Å². The van der Waals surface area contributed by atoms with E-state index in [0.29, 0.717) is 28.0 Å². The van der Waals surface area contributed by atoms with E-state index >= 15 is 0 Å². The van der Waals surface area contributed by atoms with Crippen LogP contribution in [0.15, 0.2) is 65.7 Å². The molecule has 0 radical (unpaired) electrons. The Kier molecular flexibility index (Phi) is 4.52. The zero-order valence-electron chi connectivity index (χ0n) is 13.9. The Morgan fingerprint density at radius 3 is 2.63 bits per heavy atom. The van der Waals surface area contributed by atoms with Crippen molar-refractivity contribution in [3.63, 3.8) is 0 Å². The van der Waals surface area contributed by atoms with Crippen molar-refractivity contribution in [2.24, 2.45) is 0 Å². The Balaban J connectivity index is 1.90. The summed E-state index contributed by atoms with van der Waals surface area (Å²) >= 11 is 6.30. The van der Waals surface area contributed by atoms with E-state index in [9.17, 15) is 9.18 Å². The van der Waals surface area contributed by atoms with E-state index in [4.69, 9.17) is 11.6 Å². The van der Waals surface area contributed by atoms with Crippen LogP contribution in [0.2, 0.25) is 5.02 Å². The minimum absolute atomic E-state index is 0.176. The molecule has 134 valence electrons. The van der Waals surface area contributed by atoms with Crippen molar-refractivity contribution in [1.82, 2.24) is 19.5 Å². The Labute approximate surface area is 158 Å². The lowest BCUT2D eigenvalue weighted by Gasteiger charge is -2.15. The highest BCUT2D eigenvalue weighted by Crippen LogP contribution is 2.21. The van der Waals surface area contributed by atoms with Gasteiger partial charge in [-0.3, -0.25) is 9.36 Å². The highest BCUT2D eigenvalue weighted by atomic mass is 35.5. The normalized spacial score (nSPS) is 10.9. The van der Waals surface area contributed by atoms with Crippen LogP contribution in [-0.4, -0.2) is 19.5 Å². The Hall–Kier alpha value is -3.32. The number of halogens is 2. The second-order valence-corrected chi connectivity index (χ2v) is 6.11. The van der Waals surface area contributed by atoms with Gasteiger partial charge in [-0.15, -0.1) is 0 Å². The van der Waals surface area contributed by atoms with Crippen molar-refractivity contribution < 1.29 is 4.39 Å². The van der Waals surface area contributed by atoms with Gasteiger partial charge in [-0.1, -0.05) is 23.7 Å². The quantitative estimate of drug-likeness (QED) is 0.585. The van der Waals surface area contributed by atoms with Crippen LogP contribution >= 0.6 is 11.6 Å². The molecule has 0 aliphatic carbocycles. The van der Waals surface area contributed by atoms with Gasteiger partial charge in [-0.05, 0) is 36.4 Å². The van der Waals surface area contributed by atoms with Crippen molar-refractivity contribution >= 4 is 28.5 Å². The van der Waals surface area contributed by atoms with E-state index in [1.54, 1.807) is 42.7 Å². The number of rotatable bonds is 4. The summed E-state index contributed by atoms with van der Waals surface area (Å²) in [5.74, 6) is 0.298. The molecule has 0 spiro atoms. The van der Waals surface area contributed by atoms with Gasteiger partial charge in [0.1, 0.15) is 11.6 Å². The van der Waals surface area contributed by atoms with E-state index in [0.717, 1.165) is 0 Å². The minimum Gasteiger partial charge on any atom is -0.347 e. The van der Waals surface area contributed by atoms with Crippen LogP contribution in [0.4, 0.5) is 10.3 Å². The fourth-order valence-electron chi connectivity index (χ4n) is 2.75. The molecule has 0 aliphatic heterocycles. The minimum atomic E-state index is -0.504. The van der Waals surface area contributed by atoms with Gasteiger partial charge in [0.05, 0.1) is 28.2 Å². The van der Waals surface area contributed by atoms with Crippen molar-refractivity contribution in [2.45, 2.75) is 6.54 Å². The van der Waals surface area contributed by atoms with Gasteiger partial charge in [0.25, 0.3) is 5.56 Å². The van der Waals surface area contributed by atoms with E-state index in [-0.39, 0.29) is 11.9 Å². The van der Waals surface area contributed by atoms with Crippen LogP contribution in [0, 0.1) is 5.82 Å². The lowest BCUT2D eigenvalue weighted by molar-refractivity contribution is 0.629. The van der Waals surface area contributed by atoms with Gasteiger partial charge in [0.2, 0.25) is 5.95 Å². The van der Waals surface area contributed by atoms with Crippen LogP contribution in [0.3, 0.4) is 0 Å². The van der Waals surface area contributed by atoms with Crippen LogP contribution in [-0.2, 0) is 6.54 Å². The number of nitrogens with zero attached hydrogens (tertiary/aromatic N) is 4. The average molecular weight is 382 g/mol. The highest BCUT2D eigenvalue weighted by Gasteiger charge is 2.15. The fourth-order valence-corrected chi connectivity index (χ4v) is 2.97. The molecule has 2 heterocycles. The SMILES string of the molecule is O=c1c2cc(F)ccc2nc(CNc2ncccn2)n1-c1ccccc1Cl. The molecule has 0 amide bonds. The smallest absolute Gasteiger partial charge is 0.266 e. The standard InChI is InChI=1S/C19H13ClFN5O/c20-14-4-1-2-5-16(14)26-17(11-24-19-22-8-3-9-23-19)25-15-7-6-12(21)10-13(15)18(26)27/h1-10H,11H2,(H,22,23,24). The molecule has 0 unspecified atom stereocenters. The van der Waals surface area contributed by atoms with Crippen LogP contribution in [0.1, 0.15) is 5.82 Å². The van der Waals surface area contributed by atoms with Gasteiger partial charge in [-0.25, -0.2) is 19.3 Å². The molecule has 0 fully saturated rings. The van der Waals surface area contributed by atoms with E-state index in [2.05, 4.69) is 20.3 Å². The summed E-state index contributed by atoms with van der Waals surface area (Å²) in [5.41, 5.74) is 0.461. The van der Waals surface area contributed by atoms with Crippen molar-refractivity contribution in [3.8, 4) is 5.69 Å². The molecule has 0 atom stereocenters. The third-order valence-corrected chi connectivity index (χ3v) is 4.28. The maximum atomic E-state index is 13.7. The molecule has 27 heavy (non-hydrogen) atoms. The molecule has 4 aromatic rings. The zero-order valence-corrected chi connectivity index (χ0v) is 14.7. The summed E-state index contributed by atoms with van der Waals surface area (Å²) in [6.07, 6.45) is 3.21. The maximum Gasteiger partial charge on any atom is 0.266 e. The monoisotopic (exact) mass is 381 g/mol. The summed E-state index contributed by atoms with van der Waals surface area (Å²) < 4.78 is 15.0. The summed E-state index contributed by atoms with van der Waals surface area (Å²) in [6.45, 7) is 0.178. The Bertz CT molecular complexity index is 1180. The molecule has 0 saturated carbocycles. The molecule has 6 nitrogen and oxygen atoms in total. The molecular weight excluding hydrogens is 369 g/mol. The largest absolute Gasteiger partial charge is 0.347 e. The van der Waals surface area contributed by atoms with Crippen molar-refractivity contribution in [3.05, 3.63) is 87.9 Å². The van der Waals surface area contributed by atoms with Gasteiger partial charge >= 0.3 is 0 Å². The number of hydrogen-bond acceptors (Lipinski definition) is 5. The van der Waals surface area contributed by atoms with E-state index in [1.165, 1.54) is 22.8 Å². The predicted molar refractivity (Wildman–Crippen MR) is 102 cm³/mol. The molecular formula is C19H13ClFN5O. The number of hydrogen-bond donors (Lipinski definition) is 1. The first-order chi connectivity index (χ1) is 13.1. The molecule has 2 aromatic carbocycles. The molecule has 0 saturated heterocycles. The number of anilines is 1.